The van der Waals surface area contributed by atoms with Gasteiger partial charge in [0.25, 0.3) is 21.7 Å². The topological polar surface area (TPSA) is 97.7 Å². The van der Waals surface area contributed by atoms with Gasteiger partial charge in [-0.2, -0.15) is 0 Å². The number of rotatable bonds is 1. The van der Waals surface area contributed by atoms with Crippen LogP contribution in [0.4, 0.5) is 0 Å². The Hall–Kier alpha value is -1.69. The molecule has 0 aliphatic heterocycles. The van der Waals surface area contributed by atoms with Crippen molar-refractivity contribution in [1.29, 1.82) is 0 Å². The van der Waals surface area contributed by atoms with Crippen LogP contribution in [-0.2, 0) is 0 Å². The fourth-order valence-electron chi connectivity index (χ4n) is 0.699. The van der Waals surface area contributed by atoms with Crippen LogP contribution in [0.2, 0.25) is 0 Å². The van der Waals surface area contributed by atoms with Crippen LogP contribution in [0.5, 0.6) is 11.5 Å². The highest BCUT2D eigenvalue weighted by atomic mass is 35.5. The van der Waals surface area contributed by atoms with Crippen LogP contribution < -0.4 is 26.0 Å². The van der Waals surface area contributed by atoms with Gasteiger partial charge in [-0.25, -0.2) is 0 Å². The summed E-state index contributed by atoms with van der Waals surface area (Å²) in [5.74, 6) is -2.26. The maximum absolute atomic E-state index is 10.8. The van der Waals surface area contributed by atoms with E-state index in [0.717, 1.165) is 0 Å². The summed E-state index contributed by atoms with van der Waals surface area (Å²) in [6.45, 7) is 0. The third-order valence-electron chi connectivity index (χ3n) is 1.33. The maximum Gasteiger partial charge on any atom is 0.281 e. The molecule has 0 amide bonds. The number of halogens is 1. The number of hydrogen-bond acceptors (Lipinski definition) is 6. The molecule has 13 heavy (non-hydrogen) atoms. The molecule has 0 aromatic heterocycles. The molecule has 0 fully saturated rings. The lowest BCUT2D eigenvalue weighted by molar-refractivity contribution is 0.438. The lowest BCUT2D eigenvalue weighted by Crippen LogP contribution is -2.46. The number of aromatic hydroxyl groups is 1. The first-order chi connectivity index (χ1) is 6.00. The van der Waals surface area contributed by atoms with E-state index in [1.807, 2.05) is 0 Å². The van der Waals surface area contributed by atoms with Crippen molar-refractivity contribution in [2.45, 2.75) is 0 Å². The van der Waals surface area contributed by atoms with Crippen LogP contribution in [0.15, 0.2) is 19.2 Å². The Labute approximate surface area is 74.5 Å². The van der Waals surface area contributed by atoms with Crippen LogP contribution in [0.1, 0.15) is 0 Å². The molecule has 6 nitrogen and oxygen atoms in total. The number of phenolic OH excluding ortho intramolecular Hbond substituents is 1. The molecule has 0 aliphatic rings. The predicted octanol–water partition coefficient (Wildman–Crippen LogP) is -1.76. The summed E-state index contributed by atoms with van der Waals surface area (Å²) >= 11 is 4.69. The molecule has 0 radical (unpaired) electrons. The highest BCUT2D eigenvalue weighted by molar-refractivity contribution is 6.09. The van der Waals surface area contributed by atoms with Gasteiger partial charge in [0, 0.05) is 0 Å². The average Bonchev–Trinajstić information content (AvgIpc) is 2.13. The summed E-state index contributed by atoms with van der Waals surface area (Å²) in [6.07, 6.45) is 0. The first kappa shape index (κ1) is 9.40. The third kappa shape index (κ3) is 1.20. The Morgan fingerprint density at radius 2 is 1.38 bits per heavy atom. The summed E-state index contributed by atoms with van der Waals surface area (Å²) in [5, 5.41) is 8.82. The molecule has 0 saturated carbocycles. The predicted molar refractivity (Wildman–Crippen MR) is 42.0 cm³/mol. The van der Waals surface area contributed by atoms with E-state index in [4.69, 9.17) is 17.0 Å². The van der Waals surface area contributed by atoms with Gasteiger partial charge in [-0.1, -0.05) is 0 Å². The Bertz CT molecular complexity index is 538. The number of benzene rings is 1. The number of hydrogen-bond donors (Lipinski definition) is 1. The minimum absolute atomic E-state index is 1.02. The summed E-state index contributed by atoms with van der Waals surface area (Å²) in [4.78, 5) is 42.7. The summed E-state index contributed by atoms with van der Waals surface area (Å²) < 4.78 is 3.76. The molecule has 0 aliphatic carbocycles. The van der Waals surface area contributed by atoms with Crippen molar-refractivity contribution in [2.24, 2.45) is 0 Å². The van der Waals surface area contributed by atoms with E-state index in [2.05, 4.69) is 4.29 Å². The van der Waals surface area contributed by atoms with Crippen LogP contribution in [0.3, 0.4) is 0 Å². The zero-order chi connectivity index (χ0) is 10.2. The van der Waals surface area contributed by atoms with Gasteiger partial charge in [0.2, 0.25) is 11.5 Å². The van der Waals surface area contributed by atoms with E-state index in [-0.39, 0.29) is 0 Å². The third-order valence-corrected chi connectivity index (χ3v) is 1.49. The van der Waals surface area contributed by atoms with Crippen molar-refractivity contribution in [3.63, 3.8) is 0 Å². The fraction of sp³-hybridized carbons (Fsp3) is 0. The van der Waals surface area contributed by atoms with Crippen molar-refractivity contribution in [3.8, 4) is 11.5 Å². The van der Waals surface area contributed by atoms with Crippen molar-refractivity contribution in [2.75, 3.05) is 0 Å². The van der Waals surface area contributed by atoms with E-state index in [9.17, 15) is 19.2 Å². The van der Waals surface area contributed by atoms with Crippen LogP contribution >= 0.6 is 11.9 Å². The highest BCUT2D eigenvalue weighted by Gasteiger charge is 2.19. The first-order valence-electron chi connectivity index (χ1n) is 2.90. The zero-order valence-electron chi connectivity index (χ0n) is 5.87. The number of phenols is 1. The molecular weight excluding hydrogens is 204 g/mol. The van der Waals surface area contributed by atoms with Crippen LogP contribution in [-0.4, -0.2) is 5.11 Å². The van der Waals surface area contributed by atoms with E-state index in [1.165, 1.54) is 0 Å². The van der Waals surface area contributed by atoms with E-state index in [0.29, 0.717) is 0 Å². The molecule has 0 saturated heterocycles. The molecular formula is C6HClO6. The van der Waals surface area contributed by atoms with Crippen molar-refractivity contribution in [3.05, 3.63) is 40.9 Å². The van der Waals surface area contributed by atoms with Gasteiger partial charge < -0.3 is 9.40 Å². The molecule has 68 valence electrons. The molecule has 1 aromatic carbocycles. The van der Waals surface area contributed by atoms with Crippen molar-refractivity contribution in [1.82, 2.24) is 0 Å². The minimum Gasteiger partial charge on any atom is -0.501 e. The molecule has 1 rings (SSSR count). The first-order valence-corrected chi connectivity index (χ1v) is 3.21. The monoisotopic (exact) mass is 204 g/mol. The van der Waals surface area contributed by atoms with Crippen molar-refractivity contribution >= 4 is 11.9 Å². The second kappa shape index (κ2) is 2.98. The Balaban J connectivity index is 4.02. The van der Waals surface area contributed by atoms with E-state index in [1.54, 1.807) is 0 Å². The van der Waals surface area contributed by atoms with Gasteiger partial charge >= 0.3 is 0 Å². The van der Waals surface area contributed by atoms with E-state index < -0.39 is 33.2 Å². The Morgan fingerprint density at radius 1 is 0.923 bits per heavy atom. The summed E-state index contributed by atoms with van der Waals surface area (Å²) in [6, 6.07) is 0. The quantitative estimate of drug-likeness (QED) is 0.545. The molecule has 0 heterocycles. The second-order valence-electron chi connectivity index (χ2n) is 2.07. The maximum atomic E-state index is 10.8. The van der Waals surface area contributed by atoms with Gasteiger partial charge in [0.05, 0.1) is 0 Å². The largest absolute Gasteiger partial charge is 0.501 e. The lowest BCUT2D eigenvalue weighted by Gasteiger charge is -1.93. The molecule has 7 heteroatoms. The second-order valence-corrected chi connectivity index (χ2v) is 2.23. The zero-order valence-corrected chi connectivity index (χ0v) is 6.62. The van der Waals surface area contributed by atoms with Gasteiger partial charge in [-0.15, -0.1) is 0 Å². The fourth-order valence-corrected chi connectivity index (χ4v) is 0.842. The Kier molecular flexibility index (Phi) is 2.16. The molecule has 0 unspecified atom stereocenters. The van der Waals surface area contributed by atoms with Crippen LogP contribution in [0, 0.1) is 0 Å². The molecule has 1 N–H and O–H groups in total. The standard InChI is InChI=1S/C6HClO6/c7-13-6-4(11)2(9)1(8)3(10)5(6)12/h11H. The van der Waals surface area contributed by atoms with Gasteiger partial charge in [-0.3, -0.25) is 19.2 Å². The van der Waals surface area contributed by atoms with Gasteiger partial charge in [0.1, 0.15) is 11.9 Å². The molecule has 0 bridgehead atoms. The highest BCUT2D eigenvalue weighted by Crippen LogP contribution is 2.13. The SMILES string of the molecule is O=c1c(O)c(OCl)c(=O)c(=O)c1=O. The van der Waals surface area contributed by atoms with Gasteiger partial charge in [-0.05, 0) is 0 Å². The molecule has 1 aromatic rings. The summed E-state index contributed by atoms with van der Waals surface area (Å²) in [5.41, 5.74) is -6.10. The van der Waals surface area contributed by atoms with Crippen molar-refractivity contribution < 1.29 is 9.40 Å². The van der Waals surface area contributed by atoms with E-state index >= 15 is 0 Å². The molecule has 0 spiro atoms. The normalized spacial score (nSPS) is 9.92. The average molecular weight is 205 g/mol. The summed E-state index contributed by atoms with van der Waals surface area (Å²) in [7, 11) is 0. The lowest BCUT2D eigenvalue weighted by atomic mass is 10.3. The van der Waals surface area contributed by atoms with Crippen LogP contribution in [0.25, 0.3) is 0 Å². The molecule has 0 atom stereocenters. The van der Waals surface area contributed by atoms with Gasteiger partial charge in [0.15, 0.2) is 0 Å². The Morgan fingerprint density at radius 3 is 1.85 bits per heavy atom. The minimum atomic E-state index is -1.60. The smallest absolute Gasteiger partial charge is 0.281 e.